The van der Waals surface area contributed by atoms with E-state index in [1.807, 2.05) is 0 Å². The van der Waals surface area contributed by atoms with Crippen molar-refractivity contribution in [3.8, 4) is 17.1 Å². The van der Waals surface area contributed by atoms with Gasteiger partial charge in [-0.1, -0.05) is 12.1 Å². The summed E-state index contributed by atoms with van der Waals surface area (Å²) in [5, 5.41) is 3.02. The van der Waals surface area contributed by atoms with E-state index in [0.717, 1.165) is 0 Å². The molecule has 1 heterocycles. The molecule has 0 saturated carbocycles. The molecular weight excluding hydrogens is 371 g/mol. The third-order valence-corrected chi connectivity index (χ3v) is 4.45. The zero-order valence-corrected chi connectivity index (χ0v) is 15.5. The van der Waals surface area contributed by atoms with Crippen molar-refractivity contribution in [1.29, 1.82) is 0 Å². The van der Waals surface area contributed by atoms with E-state index in [4.69, 9.17) is 4.74 Å². The number of methoxy groups -OCH3 is 1. The number of halogens is 1. The van der Waals surface area contributed by atoms with Crippen LogP contribution in [0.5, 0.6) is 5.75 Å². The Bertz CT molecular complexity index is 1070. The topological polar surface area (TPSA) is 94.1 Å². The van der Waals surface area contributed by atoms with Crippen molar-refractivity contribution in [1.82, 2.24) is 15.0 Å². The molecule has 7 nitrogen and oxygen atoms in total. The molecule has 0 aliphatic rings. The summed E-state index contributed by atoms with van der Waals surface area (Å²) in [6.45, 7) is 0. The van der Waals surface area contributed by atoms with Gasteiger partial charge < -0.3 is 10.1 Å². The first-order valence-corrected chi connectivity index (χ1v) is 9.97. The number of anilines is 2. The number of rotatable bonds is 6. The summed E-state index contributed by atoms with van der Waals surface area (Å²) in [6.07, 6.45) is 2.51. The lowest BCUT2D eigenvalue weighted by atomic mass is 10.2. The van der Waals surface area contributed by atoms with Crippen LogP contribution in [0, 0.1) is 5.82 Å². The number of nitrogens with one attached hydrogen (secondary N) is 1. The smallest absolute Gasteiger partial charge is 0.230 e. The molecule has 0 spiro atoms. The number of hydrogen-bond acceptors (Lipinski definition) is 7. The fourth-order valence-electron chi connectivity index (χ4n) is 2.51. The molecule has 0 fully saturated rings. The van der Waals surface area contributed by atoms with Crippen molar-refractivity contribution in [2.24, 2.45) is 0 Å². The largest absolute Gasteiger partial charge is 0.496 e. The molecule has 140 valence electrons. The monoisotopic (exact) mass is 388 g/mol. The maximum absolute atomic E-state index is 13.4. The number of ether oxygens (including phenoxy) is 1. The first kappa shape index (κ1) is 18.7. The fourth-order valence-corrected chi connectivity index (χ4v) is 3.29. The summed E-state index contributed by atoms with van der Waals surface area (Å²) in [5.74, 6) is 0.408. The third kappa shape index (κ3) is 4.98. The highest BCUT2D eigenvalue weighted by atomic mass is 32.2. The van der Waals surface area contributed by atoms with Crippen molar-refractivity contribution in [3.05, 3.63) is 60.2 Å². The molecule has 27 heavy (non-hydrogen) atoms. The van der Waals surface area contributed by atoms with Crippen LogP contribution in [0.1, 0.15) is 5.56 Å². The van der Waals surface area contributed by atoms with Crippen molar-refractivity contribution in [3.63, 3.8) is 0 Å². The standard InChI is InChI=1S/C18H17FN4O3S/c1-26-16-9-13(19)6-7-15(16)17-20-11-21-18(23-17)22-14-5-3-4-12(8-14)10-27(2,24)25/h3-9,11H,10H2,1-2H3,(H,20,21,22,23). The van der Waals surface area contributed by atoms with Crippen LogP contribution in [0.25, 0.3) is 11.4 Å². The van der Waals surface area contributed by atoms with Gasteiger partial charge in [0.15, 0.2) is 15.7 Å². The Hall–Kier alpha value is -3.07. The van der Waals surface area contributed by atoms with Crippen molar-refractivity contribution >= 4 is 21.5 Å². The van der Waals surface area contributed by atoms with Crippen molar-refractivity contribution < 1.29 is 17.5 Å². The first-order valence-electron chi connectivity index (χ1n) is 7.91. The van der Waals surface area contributed by atoms with Crippen LogP contribution in [0.3, 0.4) is 0 Å². The van der Waals surface area contributed by atoms with E-state index < -0.39 is 15.7 Å². The van der Waals surface area contributed by atoms with Gasteiger partial charge >= 0.3 is 0 Å². The van der Waals surface area contributed by atoms with Gasteiger partial charge in [-0.25, -0.2) is 22.8 Å². The van der Waals surface area contributed by atoms with Gasteiger partial charge in [-0.2, -0.15) is 4.98 Å². The molecule has 2 aromatic carbocycles. The van der Waals surface area contributed by atoms with Crippen molar-refractivity contribution in [2.45, 2.75) is 5.75 Å². The summed E-state index contributed by atoms with van der Waals surface area (Å²) in [5.41, 5.74) is 1.81. The van der Waals surface area contributed by atoms with Crippen LogP contribution in [-0.2, 0) is 15.6 Å². The minimum absolute atomic E-state index is 0.0578. The van der Waals surface area contributed by atoms with Crippen LogP contribution >= 0.6 is 0 Å². The molecule has 1 aromatic heterocycles. The fraction of sp³-hybridized carbons (Fsp3) is 0.167. The van der Waals surface area contributed by atoms with Crippen LogP contribution < -0.4 is 10.1 Å². The maximum Gasteiger partial charge on any atom is 0.230 e. The zero-order chi connectivity index (χ0) is 19.4. The summed E-state index contributed by atoms with van der Waals surface area (Å²) in [4.78, 5) is 12.5. The van der Waals surface area contributed by atoms with E-state index in [2.05, 4.69) is 20.3 Å². The first-order chi connectivity index (χ1) is 12.8. The highest BCUT2D eigenvalue weighted by Gasteiger charge is 2.12. The Kier molecular flexibility index (Phi) is 5.31. The molecule has 0 aliphatic heterocycles. The summed E-state index contributed by atoms with van der Waals surface area (Å²) in [7, 11) is -1.70. The van der Waals surface area contributed by atoms with Gasteiger partial charge in [0.05, 0.1) is 18.4 Å². The lowest BCUT2D eigenvalue weighted by Gasteiger charge is -2.10. The van der Waals surface area contributed by atoms with Gasteiger partial charge in [0.1, 0.15) is 17.9 Å². The lowest BCUT2D eigenvalue weighted by Crippen LogP contribution is -2.03. The highest BCUT2D eigenvalue weighted by Crippen LogP contribution is 2.28. The maximum atomic E-state index is 13.4. The van der Waals surface area contributed by atoms with Crippen LogP contribution in [-0.4, -0.2) is 36.7 Å². The van der Waals surface area contributed by atoms with Crippen LogP contribution in [0.4, 0.5) is 16.0 Å². The minimum atomic E-state index is -3.13. The molecule has 0 unspecified atom stereocenters. The predicted molar refractivity (Wildman–Crippen MR) is 100 cm³/mol. The van der Waals surface area contributed by atoms with Gasteiger partial charge in [-0.3, -0.25) is 0 Å². The molecule has 0 amide bonds. The molecule has 0 aliphatic carbocycles. The number of benzene rings is 2. The van der Waals surface area contributed by atoms with Gasteiger partial charge in [0.2, 0.25) is 5.95 Å². The van der Waals surface area contributed by atoms with Gasteiger partial charge in [-0.05, 0) is 29.8 Å². The predicted octanol–water partition coefficient (Wildman–Crippen LogP) is 2.97. The van der Waals surface area contributed by atoms with E-state index in [1.165, 1.54) is 37.9 Å². The molecule has 0 radical (unpaired) electrons. The molecule has 9 heteroatoms. The third-order valence-electron chi connectivity index (χ3n) is 3.59. The molecule has 0 saturated heterocycles. The minimum Gasteiger partial charge on any atom is -0.496 e. The molecule has 3 rings (SSSR count). The summed E-state index contributed by atoms with van der Waals surface area (Å²) in [6, 6.07) is 11.0. The number of sulfone groups is 1. The number of nitrogens with zero attached hydrogens (tertiary/aromatic N) is 3. The second kappa shape index (κ2) is 7.67. The Balaban J connectivity index is 1.88. The van der Waals surface area contributed by atoms with Gasteiger partial charge in [-0.15, -0.1) is 0 Å². The number of hydrogen-bond donors (Lipinski definition) is 1. The Morgan fingerprint density at radius 3 is 2.70 bits per heavy atom. The van der Waals surface area contributed by atoms with Gasteiger partial charge in [0.25, 0.3) is 0 Å². The molecule has 3 aromatic rings. The van der Waals surface area contributed by atoms with Gasteiger partial charge in [0, 0.05) is 18.0 Å². The average molecular weight is 388 g/mol. The molecule has 0 bridgehead atoms. The van der Waals surface area contributed by atoms with E-state index in [1.54, 1.807) is 24.3 Å². The van der Waals surface area contributed by atoms with E-state index in [-0.39, 0.29) is 11.7 Å². The Labute approximate surface area is 156 Å². The van der Waals surface area contributed by atoms with E-state index >= 15 is 0 Å². The normalized spacial score (nSPS) is 11.2. The quantitative estimate of drug-likeness (QED) is 0.694. The number of aromatic nitrogens is 3. The SMILES string of the molecule is COc1cc(F)ccc1-c1ncnc(Nc2cccc(CS(C)(=O)=O)c2)n1. The van der Waals surface area contributed by atoms with E-state index in [0.29, 0.717) is 28.4 Å². The van der Waals surface area contributed by atoms with Crippen LogP contribution in [0.2, 0.25) is 0 Å². The average Bonchev–Trinajstić information content (AvgIpc) is 2.60. The zero-order valence-electron chi connectivity index (χ0n) is 14.7. The summed E-state index contributed by atoms with van der Waals surface area (Å²) < 4.78 is 41.5. The van der Waals surface area contributed by atoms with Crippen LogP contribution in [0.15, 0.2) is 48.8 Å². The molecular formula is C18H17FN4O3S. The Morgan fingerprint density at radius 1 is 1.15 bits per heavy atom. The second-order valence-corrected chi connectivity index (χ2v) is 8.01. The van der Waals surface area contributed by atoms with Crippen molar-refractivity contribution in [2.75, 3.05) is 18.7 Å². The highest BCUT2D eigenvalue weighted by molar-refractivity contribution is 7.89. The van der Waals surface area contributed by atoms with E-state index in [9.17, 15) is 12.8 Å². The second-order valence-electron chi connectivity index (χ2n) is 5.87. The summed E-state index contributed by atoms with van der Waals surface area (Å²) >= 11 is 0. The molecule has 0 atom stereocenters. The lowest BCUT2D eigenvalue weighted by molar-refractivity contribution is 0.412. The molecule has 1 N–H and O–H groups in total. The Morgan fingerprint density at radius 2 is 1.96 bits per heavy atom.